The molecule has 0 saturated carbocycles. The molecule has 8 nitrogen and oxygen atoms in total. The zero-order valence-corrected chi connectivity index (χ0v) is 19.6. The third-order valence-corrected chi connectivity index (χ3v) is 7.30. The summed E-state index contributed by atoms with van der Waals surface area (Å²) >= 11 is 0. The number of benzene rings is 2. The molecule has 3 rings (SSSR count). The number of nitrogens with one attached hydrogen (secondary N) is 1. The summed E-state index contributed by atoms with van der Waals surface area (Å²) < 4.78 is 25.6. The van der Waals surface area contributed by atoms with Crippen molar-refractivity contribution in [1.82, 2.24) is 19.4 Å². The second-order valence-electron chi connectivity index (χ2n) is 8.14. The van der Waals surface area contributed by atoms with Crippen LogP contribution in [0, 0.1) is 6.92 Å². The molecule has 1 aliphatic heterocycles. The molecule has 0 aromatic heterocycles. The van der Waals surface area contributed by atoms with Gasteiger partial charge in [-0.1, -0.05) is 35.9 Å². The van der Waals surface area contributed by atoms with E-state index in [0.29, 0.717) is 13.1 Å². The van der Waals surface area contributed by atoms with Gasteiger partial charge >= 0.3 is 0 Å². The molecule has 1 saturated heterocycles. The van der Waals surface area contributed by atoms with Crippen LogP contribution in [0.25, 0.3) is 0 Å². The Morgan fingerprint density at radius 3 is 2.34 bits per heavy atom. The van der Waals surface area contributed by atoms with Crippen molar-refractivity contribution >= 4 is 21.8 Å². The van der Waals surface area contributed by atoms with Crippen LogP contribution in [-0.2, 0) is 21.4 Å². The van der Waals surface area contributed by atoms with Crippen molar-refractivity contribution < 1.29 is 18.0 Å². The van der Waals surface area contributed by atoms with Gasteiger partial charge in [0.1, 0.15) is 0 Å². The maximum absolute atomic E-state index is 12.5. The number of piperazine rings is 1. The van der Waals surface area contributed by atoms with Crippen LogP contribution in [0.5, 0.6) is 0 Å². The Balaban J connectivity index is 1.49. The lowest BCUT2D eigenvalue weighted by molar-refractivity contribution is -0.131. The highest BCUT2D eigenvalue weighted by molar-refractivity contribution is 7.89. The normalized spacial score (nSPS) is 15.1. The summed E-state index contributed by atoms with van der Waals surface area (Å²) in [5.74, 6) is -0.627. The Hall–Kier alpha value is -2.75. The summed E-state index contributed by atoms with van der Waals surface area (Å²) in [5.41, 5.74) is 2.69. The van der Waals surface area contributed by atoms with Gasteiger partial charge in [-0.15, -0.1) is 0 Å². The van der Waals surface area contributed by atoms with Gasteiger partial charge in [-0.2, -0.15) is 0 Å². The fourth-order valence-electron chi connectivity index (χ4n) is 3.60. The van der Waals surface area contributed by atoms with Crippen molar-refractivity contribution in [3.63, 3.8) is 0 Å². The van der Waals surface area contributed by atoms with Crippen LogP contribution < -0.4 is 5.32 Å². The number of hydrogen-bond donors (Lipinski definition) is 1. The fraction of sp³-hybridized carbons (Fsp3) is 0.391. The molecule has 1 fully saturated rings. The molecule has 9 heteroatoms. The first kappa shape index (κ1) is 23.9. The molecule has 0 aliphatic carbocycles. The average Bonchev–Trinajstić information content (AvgIpc) is 2.77. The number of amides is 2. The Morgan fingerprint density at radius 1 is 1.00 bits per heavy atom. The Labute approximate surface area is 189 Å². The predicted octanol–water partition coefficient (Wildman–Crippen LogP) is 1.32. The molecular weight excluding hydrogens is 428 g/mol. The van der Waals surface area contributed by atoms with Gasteiger partial charge in [-0.3, -0.25) is 14.5 Å². The summed E-state index contributed by atoms with van der Waals surface area (Å²) in [5, 5.41) is 2.61. The zero-order chi connectivity index (χ0) is 23.3. The number of rotatable bonds is 7. The Kier molecular flexibility index (Phi) is 7.65. The van der Waals surface area contributed by atoms with E-state index in [9.17, 15) is 18.0 Å². The van der Waals surface area contributed by atoms with Gasteiger partial charge in [0.05, 0.1) is 11.4 Å². The molecule has 32 heavy (non-hydrogen) atoms. The molecule has 172 valence electrons. The standard InChI is InChI=1S/C23H30N4O4S/c1-18-6-4-7-19(14-18)17-26-10-12-27(13-11-26)22(28)16-24-23(29)20-8-5-9-21(15-20)32(30,31)25(2)3/h4-9,14-15H,10-13,16-17H2,1-3H3,(H,24,29). The monoisotopic (exact) mass is 458 g/mol. The maximum atomic E-state index is 12.5. The van der Waals surface area contributed by atoms with Gasteiger partial charge in [0, 0.05) is 52.4 Å². The molecule has 2 aromatic carbocycles. The van der Waals surface area contributed by atoms with E-state index in [1.54, 1.807) is 4.90 Å². The summed E-state index contributed by atoms with van der Waals surface area (Å²) in [6, 6.07) is 14.2. The molecule has 1 heterocycles. The van der Waals surface area contributed by atoms with Crippen molar-refractivity contribution in [3.05, 3.63) is 65.2 Å². The van der Waals surface area contributed by atoms with Crippen LogP contribution in [0.4, 0.5) is 0 Å². The molecule has 0 atom stereocenters. The van der Waals surface area contributed by atoms with Crippen molar-refractivity contribution in [1.29, 1.82) is 0 Å². The van der Waals surface area contributed by atoms with Crippen LogP contribution in [0.15, 0.2) is 53.4 Å². The Morgan fingerprint density at radius 2 is 1.69 bits per heavy atom. The number of carbonyl (C=O) groups excluding carboxylic acids is 2. The largest absolute Gasteiger partial charge is 0.343 e. The minimum absolute atomic E-state index is 0.0335. The van der Waals surface area contributed by atoms with Crippen LogP contribution in [0.1, 0.15) is 21.5 Å². The highest BCUT2D eigenvalue weighted by Crippen LogP contribution is 2.15. The van der Waals surface area contributed by atoms with E-state index in [1.165, 1.54) is 49.5 Å². The van der Waals surface area contributed by atoms with E-state index in [-0.39, 0.29) is 22.9 Å². The van der Waals surface area contributed by atoms with E-state index >= 15 is 0 Å². The van der Waals surface area contributed by atoms with Crippen molar-refractivity contribution in [2.75, 3.05) is 46.8 Å². The van der Waals surface area contributed by atoms with E-state index in [1.807, 2.05) is 0 Å². The zero-order valence-electron chi connectivity index (χ0n) is 18.7. The summed E-state index contributed by atoms with van der Waals surface area (Å²) in [7, 11) is -0.774. The topological polar surface area (TPSA) is 90.0 Å². The number of nitrogens with zero attached hydrogens (tertiary/aromatic N) is 3. The van der Waals surface area contributed by atoms with Crippen molar-refractivity contribution in [3.8, 4) is 0 Å². The van der Waals surface area contributed by atoms with Crippen LogP contribution >= 0.6 is 0 Å². The minimum atomic E-state index is -3.64. The van der Waals surface area contributed by atoms with Gasteiger partial charge in [-0.05, 0) is 30.7 Å². The lowest BCUT2D eigenvalue weighted by Crippen LogP contribution is -2.50. The van der Waals surface area contributed by atoms with Gasteiger partial charge in [-0.25, -0.2) is 12.7 Å². The summed E-state index contributed by atoms with van der Waals surface area (Å²) in [4.78, 5) is 29.1. The first-order chi connectivity index (χ1) is 15.2. The van der Waals surface area contributed by atoms with Crippen LogP contribution in [-0.4, -0.2) is 81.2 Å². The first-order valence-corrected chi connectivity index (χ1v) is 12.0. The number of hydrogen-bond acceptors (Lipinski definition) is 5. The third-order valence-electron chi connectivity index (χ3n) is 5.49. The summed E-state index contributed by atoms with van der Waals surface area (Å²) in [6.45, 7) is 5.57. The third kappa shape index (κ3) is 5.93. The minimum Gasteiger partial charge on any atom is -0.343 e. The lowest BCUT2D eigenvalue weighted by atomic mass is 10.1. The van der Waals surface area contributed by atoms with E-state index in [2.05, 4.69) is 41.4 Å². The second-order valence-corrected chi connectivity index (χ2v) is 10.3. The molecule has 2 amide bonds. The molecule has 0 unspecified atom stereocenters. The smallest absolute Gasteiger partial charge is 0.251 e. The van der Waals surface area contributed by atoms with Crippen LogP contribution in [0.3, 0.4) is 0 Å². The Bertz CT molecular complexity index is 1080. The van der Waals surface area contributed by atoms with Crippen LogP contribution in [0.2, 0.25) is 0 Å². The molecule has 1 N–H and O–H groups in total. The number of sulfonamides is 1. The number of aryl methyl sites for hydroxylation is 1. The SMILES string of the molecule is Cc1cccc(CN2CCN(C(=O)CNC(=O)c3cccc(S(=O)(=O)N(C)C)c3)CC2)c1. The van der Waals surface area contributed by atoms with Gasteiger partial charge < -0.3 is 10.2 Å². The molecule has 2 aromatic rings. The average molecular weight is 459 g/mol. The molecule has 0 radical (unpaired) electrons. The van der Waals surface area contributed by atoms with Gasteiger partial charge in [0.15, 0.2) is 0 Å². The molecular formula is C23H30N4O4S. The van der Waals surface area contributed by atoms with E-state index in [4.69, 9.17) is 0 Å². The highest BCUT2D eigenvalue weighted by atomic mass is 32.2. The maximum Gasteiger partial charge on any atom is 0.251 e. The second kappa shape index (κ2) is 10.2. The van der Waals surface area contributed by atoms with Gasteiger partial charge in [0.25, 0.3) is 5.91 Å². The fourth-order valence-corrected chi connectivity index (χ4v) is 4.55. The van der Waals surface area contributed by atoms with E-state index in [0.717, 1.165) is 23.9 Å². The van der Waals surface area contributed by atoms with Gasteiger partial charge in [0.2, 0.25) is 15.9 Å². The molecule has 0 spiro atoms. The summed E-state index contributed by atoms with van der Waals surface area (Å²) in [6.07, 6.45) is 0. The molecule has 0 bridgehead atoms. The van der Waals surface area contributed by atoms with Crippen molar-refractivity contribution in [2.45, 2.75) is 18.4 Å². The highest BCUT2D eigenvalue weighted by Gasteiger charge is 2.22. The molecule has 1 aliphatic rings. The number of carbonyl (C=O) groups is 2. The predicted molar refractivity (Wildman–Crippen MR) is 123 cm³/mol. The van der Waals surface area contributed by atoms with E-state index < -0.39 is 15.9 Å². The first-order valence-electron chi connectivity index (χ1n) is 10.5. The quantitative estimate of drug-likeness (QED) is 0.676. The van der Waals surface area contributed by atoms with Crippen molar-refractivity contribution in [2.24, 2.45) is 0 Å². The lowest BCUT2D eigenvalue weighted by Gasteiger charge is -2.34.